The van der Waals surface area contributed by atoms with Crippen LogP contribution in [0.5, 0.6) is 0 Å². The highest BCUT2D eigenvalue weighted by atomic mass is 35.5. The van der Waals surface area contributed by atoms with Crippen LogP contribution in [0, 0.1) is 0 Å². The Morgan fingerprint density at radius 3 is 2.71 bits per heavy atom. The highest BCUT2D eigenvalue weighted by Gasteiger charge is 2.28. The minimum Gasteiger partial charge on any atom is -0.398 e. The lowest BCUT2D eigenvalue weighted by Gasteiger charge is -2.18. The van der Waals surface area contributed by atoms with E-state index in [-0.39, 0.29) is 5.91 Å². The first-order valence-corrected chi connectivity index (χ1v) is 7.42. The second-order valence-electron chi connectivity index (χ2n) is 5.38. The van der Waals surface area contributed by atoms with E-state index in [1.165, 1.54) is 5.56 Å². The summed E-state index contributed by atoms with van der Waals surface area (Å²) < 4.78 is 0. The van der Waals surface area contributed by atoms with Crippen LogP contribution in [-0.2, 0) is 0 Å². The number of amides is 1. The van der Waals surface area contributed by atoms with Crippen LogP contribution in [0.25, 0.3) is 0 Å². The maximum atomic E-state index is 12.6. The Kier molecular flexibility index (Phi) is 3.84. The number of benzene rings is 2. The van der Waals surface area contributed by atoms with E-state index in [1.807, 2.05) is 23.1 Å². The van der Waals surface area contributed by atoms with Crippen molar-refractivity contribution in [2.24, 2.45) is 0 Å². The molecule has 1 aliphatic heterocycles. The van der Waals surface area contributed by atoms with Crippen LogP contribution in [0.3, 0.4) is 0 Å². The van der Waals surface area contributed by atoms with Gasteiger partial charge in [-0.05, 0) is 30.2 Å². The standard InChI is InChI=1S/C17H17ClN2O/c18-14-6-7-16(19)15(10-14)17(21)20-9-8-13(11-20)12-4-2-1-3-5-12/h1-7,10,13H,8-9,11,19H2. The molecule has 0 saturated carbocycles. The Bertz CT molecular complexity index is 657. The second kappa shape index (κ2) is 5.78. The molecule has 1 fully saturated rings. The summed E-state index contributed by atoms with van der Waals surface area (Å²) in [4.78, 5) is 14.4. The first-order valence-electron chi connectivity index (χ1n) is 7.04. The second-order valence-corrected chi connectivity index (χ2v) is 5.82. The van der Waals surface area contributed by atoms with Crippen LogP contribution in [0.1, 0.15) is 28.3 Å². The van der Waals surface area contributed by atoms with Crippen LogP contribution in [0.4, 0.5) is 5.69 Å². The third-order valence-electron chi connectivity index (χ3n) is 3.99. The number of likely N-dealkylation sites (tertiary alicyclic amines) is 1. The predicted octanol–water partition coefficient (Wildman–Crippen LogP) is 3.55. The largest absolute Gasteiger partial charge is 0.398 e. The van der Waals surface area contributed by atoms with Crippen molar-refractivity contribution in [3.63, 3.8) is 0 Å². The summed E-state index contributed by atoms with van der Waals surface area (Å²) in [6, 6.07) is 15.3. The van der Waals surface area contributed by atoms with E-state index in [0.29, 0.717) is 22.2 Å². The Hall–Kier alpha value is -2.00. The number of carbonyl (C=O) groups is 1. The molecule has 4 heteroatoms. The fourth-order valence-corrected chi connectivity index (χ4v) is 3.00. The van der Waals surface area contributed by atoms with Crippen LogP contribution >= 0.6 is 11.6 Å². The molecule has 1 saturated heterocycles. The summed E-state index contributed by atoms with van der Waals surface area (Å²) in [5.74, 6) is 0.365. The molecule has 1 heterocycles. The molecular weight excluding hydrogens is 284 g/mol. The van der Waals surface area contributed by atoms with Gasteiger partial charge in [0.05, 0.1) is 5.56 Å². The summed E-state index contributed by atoms with van der Waals surface area (Å²) >= 11 is 5.97. The number of nitrogen functional groups attached to an aromatic ring is 1. The van der Waals surface area contributed by atoms with Crippen molar-refractivity contribution < 1.29 is 4.79 Å². The number of rotatable bonds is 2. The van der Waals surface area contributed by atoms with Gasteiger partial charge in [0.2, 0.25) is 0 Å². The van der Waals surface area contributed by atoms with E-state index < -0.39 is 0 Å². The number of nitrogens with two attached hydrogens (primary N) is 1. The van der Waals surface area contributed by atoms with Crippen molar-refractivity contribution >= 4 is 23.2 Å². The summed E-state index contributed by atoms with van der Waals surface area (Å²) in [6.07, 6.45) is 0.982. The summed E-state index contributed by atoms with van der Waals surface area (Å²) in [7, 11) is 0. The number of anilines is 1. The Morgan fingerprint density at radius 1 is 1.19 bits per heavy atom. The molecule has 1 unspecified atom stereocenters. The lowest BCUT2D eigenvalue weighted by molar-refractivity contribution is 0.0792. The van der Waals surface area contributed by atoms with Gasteiger partial charge >= 0.3 is 0 Å². The molecule has 108 valence electrons. The highest BCUT2D eigenvalue weighted by molar-refractivity contribution is 6.31. The zero-order chi connectivity index (χ0) is 14.8. The normalized spacial score (nSPS) is 18.0. The quantitative estimate of drug-likeness (QED) is 0.862. The van der Waals surface area contributed by atoms with Crippen molar-refractivity contribution in [1.82, 2.24) is 4.90 Å². The Labute approximate surface area is 129 Å². The average Bonchev–Trinajstić information content (AvgIpc) is 3.00. The van der Waals surface area contributed by atoms with E-state index in [2.05, 4.69) is 12.1 Å². The van der Waals surface area contributed by atoms with Gasteiger partial charge in [-0.2, -0.15) is 0 Å². The summed E-state index contributed by atoms with van der Waals surface area (Å²) in [5.41, 5.74) is 8.16. The summed E-state index contributed by atoms with van der Waals surface area (Å²) in [6.45, 7) is 1.49. The fraction of sp³-hybridized carbons (Fsp3) is 0.235. The van der Waals surface area contributed by atoms with E-state index >= 15 is 0 Å². The number of hydrogen-bond acceptors (Lipinski definition) is 2. The zero-order valence-electron chi connectivity index (χ0n) is 11.6. The monoisotopic (exact) mass is 300 g/mol. The van der Waals surface area contributed by atoms with Crippen LogP contribution in [0.15, 0.2) is 48.5 Å². The molecule has 0 spiro atoms. The van der Waals surface area contributed by atoms with E-state index in [9.17, 15) is 4.79 Å². The molecule has 21 heavy (non-hydrogen) atoms. The van der Waals surface area contributed by atoms with Crippen molar-refractivity contribution in [2.45, 2.75) is 12.3 Å². The van der Waals surface area contributed by atoms with Gasteiger partial charge in [-0.25, -0.2) is 0 Å². The molecule has 0 bridgehead atoms. The van der Waals surface area contributed by atoms with Crippen LogP contribution in [0.2, 0.25) is 5.02 Å². The van der Waals surface area contributed by atoms with Gasteiger partial charge in [0.25, 0.3) is 5.91 Å². The number of halogens is 1. The topological polar surface area (TPSA) is 46.3 Å². The molecule has 2 aromatic rings. The number of nitrogens with zero attached hydrogens (tertiary/aromatic N) is 1. The molecule has 3 rings (SSSR count). The molecule has 2 aromatic carbocycles. The van der Waals surface area contributed by atoms with Gasteiger partial charge in [-0.15, -0.1) is 0 Å². The molecule has 2 N–H and O–H groups in total. The maximum Gasteiger partial charge on any atom is 0.256 e. The van der Waals surface area contributed by atoms with Crippen molar-refractivity contribution in [1.29, 1.82) is 0 Å². The highest BCUT2D eigenvalue weighted by Crippen LogP contribution is 2.29. The summed E-state index contributed by atoms with van der Waals surface area (Å²) in [5, 5.41) is 0.534. The first kappa shape index (κ1) is 14.0. The van der Waals surface area contributed by atoms with Gasteiger partial charge in [0.15, 0.2) is 0 Å². The van der Waals surface area contributed by atoms with Crippen LogP contribution in [-0.4, -0.2) is 23.9 Å². The first-order chi connectivity index (χ1) is 10.1. The third-order valence-corrected chi connectivity index (χ3v) is 4.23. The van der Waals surface area contributed by atoms with E-state index in [4.69, 9.17) is 17.3 Å². The molecule has 0 radical (unpaired) electrons. The van der Waals surface area contributed by atoms with Crippen molar-refractivity contribution in [3.8, 4) is 0 Å². The molecular formula is C17H17ClN2O. The van der Waals surface area contributed by atoms with Gasteiger partial charge < -0.3 is 10.6 Å². The van der Waals surface area contributed by atoms with E-state index in [0.717, 1.165) is 19.5 Å². The Morgan fingerprint density at radius 2 is 1.95 bits per heavy atom. The average molecular weight is 301 g/mol. The zero-order valence-corrected chi connectivity index (χ0v) is 12.4. The number of hydrogen-bond donors (Lipinski definition) is 1. The molecule has 1 aliphatic rings. The van der Waals surface area contributed by atoms with Gasteiger partial charge in [-0.3, -0.25) is 4.79 Å². The maximum absolute atomic E-state index is 12.6. The van der Waals surface area contributed by atoms with Gasteiger partial charge in [-0.1, -0.05) is 41.9 Å². The third kappa shape index (κ3) is 2.88. The molecule has 1 amide bonds. The lowest BCUT2D eigenvalue weighted by Crippen LogP contribution is -2.29. The van der Waals surface area contributed by atoms with Crippen molar-refractivity contribution in [2.75, 3.05) is 18.8 Å². The van der Waals surface area contributed by atoms with Gasteiger partial charge in [0.1, 0.15) is 0 Å². The predicted molar refractivity (Wildman–Crippen MR) is 85.6 cm³/mol. The van der Waals surface area contributed by atoms with E-state index in [1.54, 1.807) is 18.2 Å². The molecule has 1 atom stereocenters. The minimum atomic E-state index is -0.0339. The van der Waals surface area contributed by atoms with Crippen molar-refractivity contribution in [3.05, 3.63) is 64.7 Å². The SMILES string of the molecule is Nc1ccc(Cl)cc1C(=O)N1CCC(c2ccccc2)C1. The fourth-order valence-electron chi connectivity index (χ4n) is 2.83. The van der Waals surface area contributed by atoms with Gasteiger partial charge in [0, 0.05) is 29.7 Å². The van der Waals surface area contributed by atoms with Crippen LogP contribution < -0.4 is 5.73 Å². The lowest BCUT2D eigenvalue weighted by atomic mass is 9.99. The smallest absolute Gasteiger partial charge is 0.256 e. The molecule has 0 aliphatic carbocycles. The number of carbonyl (C=O) groups excluding carboxylic acids is 1. The molecule has 3 nitrogen and oxygen atoms in total. The minimum absolute atomic E-state index is 0.0339. The molecule has 0 aromatic heterocycles. The Balaban J connectivity index is 1.77.